The Morgan fingerprint density at radius 1 is 1.39 bits per heavy atom. The molecule has 0 spiro atoms. The number of nitriles is 1. The van der Waals surface area contributed by atoms with Gasteiger partial charge in [0.15, 0.2) is 5.75 Å². The van der Waals surface area contributed by atoms with Crippen molar-refractivity contribution in [3.63, 3.8) is 0 Å². The third-order valence-electron chi connectivity index (χ3n) is 2.49. The van der Waals surface area contributed by atoms with Gasteiger partial charge < -0.3 is 10.5 Å². The zero-order valence-corrected chi connectivity index (χ0v) is 10.3. The SMILES string of the molecule is CC(C)n1cc(Oc2ccc(N)c(C#N)c2)cn1. The van der Waals surface area contributed by atoms with E-state index in [2.05, 4.69) is 5.10 Å². The number of rotatable bonds is 3. The fourth-order valence-electron chi connectivity index (χ4n) is 1.49. The quantitative estimate of drug-likeness (QED) is 0.839. The molecular weight excluding hydrogens is 228 g/mol. The fourth-order valence-corrected chi connectivity index (χ4v) is 1.49. The van der Waals surface area contributed by atoms with Crippen LogP contribution >= 0.6 is 0 Å². The molecule has 2 rings (SSSR count). The van der Waals surface area contributed by atoms with Gasteiger partial charge in [0, 0.05) is 17.8 Å². The van der Waals surface area contributed by atoms with Crippen molar-refractivity contribution in [2.45, 2.75) is 19.9 Å². The predicted molar refractivity (Wildman–Crippen MR) is 68.3 cm³/mol. The Kier molecular flexibility index (Phi) is 3.20. The second-order valence-electron chi connectivity index (χ2n) is 4.21. The fraction of sp³-hybridized carbons (Fsp3) is 0.231. The van der Waals surface area contributed by atoms with Gasteiger partial charge in [-0.25, -0.2) is 0 Å². The number of aromatic nitrogens is 2. The predicted octanol–water partition coefficient (Wildman–Crippen LogP) is 2.71. The Hall–Kier alpha value is -2.48. The van der Waals surface area contributed by atoms with Gasteiger partial charge in [0.1, 0.15) is 11.8 Å². The van der Waals surface area contributed by atoms with Crippen molar-refractivity contribution >= 4 is 5.69 Å². The Morgan fingerprint density at radius 3 is 2.78 bits per heavy atom. The summed E-state index contributed by atoms with van der Waals surface area (Å²) in [5.41, 5.74) is 6.50. The first-order chi connectivity index (χ1) is 8.60. The zero-order chi connectivity index (χ0) is 13.1. The number of benzene rings is 1. The molecule has 2 aromatic rings. The van der Waals surface area contributed by atoms with Crippen LogP contribution in [0.2, 0.25) is 0 Å². The van der Waals surface area contributed by atoms with Crippen LogP contribution in [0.5, 0.6) is 11.5 Å². The lowest BCUT2D eigenvalue weighted by molar-refractivity contribution is 0.477. The molecule has 0 aliphatic rings. The number of hydrogen-bond acceptors (Lipinski definition) is 4. The highest BCUT2D eigenvalue weighted by molar-refractivity contribution is 5.56. The Balaban J connectivity index is 2.21. The van der Waals surface area contributed by atoms with Crippen LogP contribution in [0, 0.1) is 11.3 Å². The normalized spacial score (nSPS) is 10.3. The molecule has 0 saturated heterocycles. The molecule has 0 aliphatic heterocycles. The molecule has 0 saturated carbocycles. The van der Waals surface area contributed by atoms with E-state index in [1.165, 1.54) is 0 Å². The van der Waals surface area contributed by atoms with Crippen LogP contribution in [-0.4, -0.2) is 9.78 Å². The highest BCUT2D eigenvalue weighted by Gasteiger charge is 2.05. The van der Waals surface area contributed by atoms with Gasteiger partial charge in [-0.05, 0) is 26.0 Å². The highest BCUT2D eigenvalue weighted by atomic mass is 16.5. The first-order valence-corrected chi connectivity index (χ1v) is 5.62. The lowest BCUT2D eigenvalue weighted by atomic mass is 10.2. The van der Waals surface area contributed by atoms with E-state index in [9.17, 15) is 0 Å². The van der Waals surface area contributed by atoms with Crippen molar-refractivity contribution in [3.05, 3.63) is 36.2 Å². The van der Waals surface area contributed by atoms with Crippen LogP contribution in [0.3, 0.4) is 0 Å². The van der Waals surface area contributed by atoms with Crippen molar-refractivity contribution in [2.75, 3.05) is 5.73 Å². The minimum Gasteiger partial charge on any atom is -0.454 e. The summed E-state index contributed by atoms with van der Waals surface area (Å²) < 4.78 is 7.42. The molecule has 0 unspecified atom stereocenters. The molecule has 1 aromatic carbocycles. The molecule has 92 valence electrons. The van der Waals surface area contributed by atoms with E-state index in [0.29, 0.717) is 22.7 Å². The standard InChI is InChI=1S/C13H14N4O/c1-9(2)17-8-12(7-16-17)18-11-3-4-13(15)10(5-11)6-14/h3-5,7-9H,15H2,1-2H3. The number of nitrogen functional groups attached to an aromatic ring is 1. The van der Waals surface area contributed by atoms with Gasteiger partial charge in [0.05, 0.1) is 18.0 Å². The van der Waals surface area contributed by atoms with Gasteiger partial charge in [-0.3, -0.25) is 4.68 Å². The molecule has 18 heavy (non-hydrogen) atoms. The van der Waals surface area contributed by atoms with E-state index in [-0.39, 0.29) is 6.04 Å². The number of hydrogen-bond donors (Lipinski definition) is 1. The highest BCUT2D eigenvalue weighted by Crippen LogP contribution is 2.24. The first-order valence-electron chi connectivity index (χ1n) is 5.62. The van der Waals surface area contributed by atoms with Gasteiger partial charge >= 0.3 is 0 Å². The van der Waals surface area contributed by atoms with E-state index in [1.807, 2.05) is 26.1 Å². The molecule has 1 aromatic heterocycles. The van der Waals surface area contributed by atoms with Crippen molar-refractivity contribution in [1.29, 1.82) is 5.26 Å². The van der Waals surface area contributed by atoms with Crippen molar-refractivity contribution in [2.24, 2.45) is 0 Å². The molecule has 5 nitrogen and oxygen atoms in total. The molecule has 1 heterocycles. The summed E-state index contributed by atoms with van der Waals surface area (Å²) in [4.78, 5) is 0. The first kappa shape index (κ1) is 12.0. The van der Waals surface area contributed by atoms with Gasteiger partial charge in [-0.2, -0.15) is 10.4 Å². The van der Waals surface area contributed by atoms with Crippen LogP contribution in [0.15, 0.2) is 30.6 Å². The molecule has 5 heteroatoms. The van der Waals surface area contributed by atoms with E-state index in [1.54, 1.807) is 29.1 Å². The average Bonchev–Trinajstić information content (AvgIpc) is 2.80. The maximum atomic E-state index is 8.88. The summed E-state index contributed by atoms with van der Waals surface area (Å²) in [6, 6.07) is 7.29. The Bertz CT molecular complexity index is 595. The molecule has 0 aliphatic carbocycles. The van der Waals surface area contributed by atoms with Crippen LogP contribution in [-0.2, 0) is 0 Å². The van der Waals surface area contributed by atoms with Crippen LogP contribution < -0.4 is 10.5 Å². The third kappa shape index (κ3) is 2.43. The summed E-state index contributed by atoms with van der Waals surface area (Å²) in [6.45, 7) is 4.07. The van der Waals surface area contributed by atoms with E-state index < -0.39 is 0 Å². The van der Waals surface area contributed by atoms with Crippen molar-refractivity contribution in [3.8, 4) is 17.6 Å². The monoisotopic (exact) mass is 242 g/mol. The second kappa shape index (κ2) is 4.80. The van der Waals surface area contributed by atoms with Crippen LogP contribution in [0.25, 0.3) is 0 Å². The third-order valence-corrected chi connectivity index (χ3v) is 2.49. The molecule has 0 radical (unpaired) electrons. The minimum atomic E-state index is 0.281. The maximum Gasteiger partial charge on any atom is 0.165 e. The molecule has 2 N–H and O–H groups in total. The number of nitrogens with two attached hydrogens (primary N) is 1. The molecular formula is C13H14N4O. The number of ether oxygens (including phenoxy) is 1. The van der Waals surface area contributed by atoms with Gasteiger partial charge in [-0.15, -0.1) is 0 Å². The summed E-state index contributed by atoms with van der Waals surface area (Å²) in [5, 5.41) is 13.1. The van der Waals surface area contributed by atoms with E-state index in [4.69, 9.17) is 15.7 Å². The molecule has 0 fully saturated rings. The smallest absolute Gasteiger partial charge is 0.165 e. The zero-order valence-electron chi connectivity index (χ0n) is 10.3. The van der Waals surface area contributed by atoms with Crippen LogP contribution in [0.4, 0.5) is 5.69 Å². The maximum absolute atomic E-state index is 8.88. The van der Waals surface area contributed by atoms with Gasteiger partial charge in [0.2, 0.25) is 0 Å². The molecule has 0 amide bonds. The van der Waals surface area contributed by atoms with Crippen LogP contribution in [0.1, 0.15) is 25.5 Å². The average molecular weight is 242 g/mol. The summed E-state index contributed by atoms with van der Waals surface area (Å²) >= 11 is 0. The lowest BCUT2D eigenvalue weighted by Crippen LogP contribution is -1.99. The lowest BCUT2D eigenvalue weighted by Gasteiger charge is -2.05. The minimum absolute atomic E-state index is 0.281. The van der Waals surface area contributed by atoms with Crippen molar-refractivity contribution < 1.29 is 4.74 Å². The Labute approximate surface area is 105 Å². The van der Waals surface area contributed by atoms with Gasteiger partial charge in [-0.1, -0.05) is 0 Å². The summed E-state index contributed by atoms with van der Waals surface area (Å²) in [7, 11) is 0. The summed E-state index contributed by atoms with van der Waals surface area (Å²) in [5.74, 6) is 1.21. The second-order valence-corrected chi connectivity index (χ2v) is 4.21. The molecule has 0 atom stereocenters. The van der Waals surface area contributed by atoms with E-state index >= 15 is 0 Å². The summed E-state index contributed by atoms with van der Waals surface area (Å²) in [6.07, 6.45) is 3.45. The topological polar surface area (TPSA) is 76.9 Å². The number of nitrogens with zero attached hydrogens (tertiary/aromatic N) is 3. The molecule has 0 bridgehead atoms. The number of anilines is 1. The van der Waals surface area contributed by atoms with Crippen molar-refractivity contribution in [1.82, 2.24) is 9.78 Å². The van der Waals surface area contributed by atoms with Gasteiger partial charge in [0.25, 0.3) is 0 Å². The largest absolute Gasteiger partial charge is 0.454 e. The van der Waals surface area contributed by atoms with E-state index in [0.717, 1.165) is 0 Å². The Morgan fingerprint density at radius 2 is 2.17 bits per heavy atom.